The van der Waals surface area contributed by atoms with Crippen LogP contribution in [0, 0.1) is 0 Å². The Morgan fingerprint density at radius 3 is 2.78 bits per heavy atom. The van der Waals surface area contributed by atoms with Crippen LogP contribution in [0.15, 0.2) is 18.2 Å². The van der Waals surface area contributed by atoms with Crippen LogP contribution in [0.1, 0.15) is 37.3 Å². The van der Waals surface area contributed by atoms with Gasteiger partial charge in [0.2, 0.25) is 0 Å². The fraction of sp³-hybridized carbons (Fsp3) is 0.533. The van der Waals surface area contributed by atoms with E-state index >= 15 is 0 Å². The molecule has 0 aliphatic heterocycles. The van der Waals surface area contributed by atoms with Crippen molar-refractivity contribution in [1.82, 2.24) is 0 Å². The number of hydrogen-bond donors (Lipinski definition) is 0. The van der Waals surface area contributed by atoms with Crippen LogP contribution in [0.25, 0.3) is 0 Å². The third-order valence-corrected chi connectivity index (χ3v) is 3.14. The number of esters is 1. The largest absolute Gasteiger partial charge is 0.482 e. The highest BCUT2D eigenvalue weighted by molar-refractivity contribution is 5.71. The molecule has 0 spiro atoms. The van der Waals surface area contributed by atoms with E-state index in [1.54, 1.807) is 0 Å². The first kappa shape index (κ1) is 12.9. The Hall–Kier alpha value is -1.51. The highest BCUT2D eigenvalue weighted by Crippen LogP contribution is 2.25. The van der Waals surface area contributed by atoms with E-state index in [0.29, 0.717) is 6.61 Å². The molecule has 2 rings (SSSR count). The number of carbonyl (C=O) groups excluding carboxylic acids is 1. The predicted octanol–water partition coefficient (Wildman–Crippen LogP) is 2.90. The molecule has 0 atom stereocenters. The smallest absolute Gasteiger partial charge is 0.344 e. The van der Waals surface area contributed by atoms with Crippen molar-refractivity contribution in [2.75, 3.05) is 13.2 Å². The van der Waals surface area contributed by atoms with Gasteiger partial charge in [-0.15, -0.1) is 0 Å². The first-order valence-electron chi connectivity index (χ1n) is 6.70. The number of hydrogen-bond acceptors (Lipinski definition) is 3. The van der Waals surface area contributed by atoms with E-state index in [-0.39, 0.29) is 12.6 Å². The van der Waals surface area contributed by atoms with Crippen molar-refractivity contribution in [3.05, 3.63) is 29.3 Å². The Morgan fingerprint density at radius 2 is 2.00 bits per heavy atom. The maximum Gasteiger partial charge on any atom is 0.344 e. The quantitative estimate of drug-likeness (QED) is 0.752. The lowest BCUT2D eigenvalue weighted by molar-refractivity contribution is -0.146. The normalized spacial score (nSPS) is 13.8. The maximum absolute atomic E-state index is 11.3. The van der Waals surface area contributed by atoms with Crippen LogP contribution in [0.3, 0.4) is 0 Å². The number of aryl methyl sites for hydroxylation is 2. The summed E-state index contributed by atoms with van der Waals surface area (Å²) < 4.78 is 10.4. The molecule has 18 heavy (non-hydrogen) atoms. The van der Waals surface area contributed by atoms with Crippen molar-refractivity contribution < 1.29 is 14.3 Å². The summed E-state index contributed by atoms with van der Waals surface area (Å²) >= 11 is 0. The molecule has 0 saturated carbocycles. The lowest BCUT2D eigenvalue weighted by Crippen LogP contribution is -2.15. The molecule has 1 aromatic carbocycles. The lowest BCUT2D eigenvalue weighted by Gasteiger charge is -2.16. The van der Waals surface area contributed by atoms with Crippen LogP contribution in [0.2, 0.25) is 0 Å². The molecule has 0 amide bonds. The minimum Gasteiger partial charge on any atom is -0.482 e. The second kappa shape index (κ2) is 6.43. The van der Waals surface area contributed by atoms with E-state index in [2.05, 4.69) is 12.1 Å². The van der Waals surface area contributed by atoms with Crippen molar-refractivity contribution >= 4 is 5.97 Å². The van der Waals surface area contributed by atoms with Gasteiger partial charge in [0, 0.05) is 0 Å². The third kappa shape index (κ3) is 3.49. The monoisotopic (exact) mass is 248 g/mol. The van der Waals surface area contributed by atoms with Crippen LogP contribution in [0.5, 0.6) is 5.75 Å². The fourth-order valence-electron chi connectivity index (χ4n) is 2.20. The Morgan fingerprint density at radius 1 is 1.22 bits per heavy atom. The molecule has 3 nitrogen and oxygen atoms in total. The van der Waals surface area contributed by atoms with E-state index in [9.17, 15) is 4.79 Å². The number of fused-ring (bicyclic) bond motifs is 1. The van der Waals surface area contributed by atoms with Gasteiger partial charge in [-0.2, -0.15) is 0 Å². The predicted molar refractivity (Wildman–Crippen MR) is 69.8 cm³/mol. The molecule has 98 valence electrons. The molecule has 1 aromatic rings. The van der Waals surface area contributed by atoms with Gasteiger partial charge >= 0.3 is 5.97 Å². The fourth-order valence-corrected chi connectivity index (χ4v) is 2.20. The second-order valence-electron chi connectivity index (χ2n) is 4.65. The van der Waals surface area contributed by atoms with Crippen LogP contribution >= 0.6 is 0 Å². The summed E-state index contributed by atoms with van der Waals surface area (Å²) in [6.07, 6.45) is 5.64. The zero-order chi connectivity index (χ0) is 12.8. The zero-order valence-corrected chi connectivity index (χ0v) is 10.9. The molecular formula is C15H20O3. The Balaban J connectivity index is 1.88. The zero-order valence-electron chi connectivity index (χ0n) is 10.9. The van der Waals surface area contributed by atoms with Gasteiger partial charge in [0.15, 0.2) is 6.61 Å². The SMILES string of the molecule is CCCOC(=O)COc1ccc2c(c1)CCCC2. The third-order valence-electron chi connectivity index (χ3n) is 3.14. The van der Waals surface area contributed by atoms with Crippen molar-refractivity contribution in [1.29, 1.82) is 0 Å². The van der Waals surface area contributed by atoms with E-state index in [1.165, 1.54) is 24.0 Å². The Labute approximate surface area is 108 Å². The average Bonchev–Trinajstić information content (AvgIpc) is 2.42. The van der Waals surface area contributed by atoms with Gasteiger partial charge in [-0.3, -0.25) is 0 Å². The molecule has 0 N–H and O–H groups in total. The number of rotatable bonds is 5. The summed E-state index contributed by atoms with van der Waals surface area (Å²) in [5.41, 5.74) is 2.78. The second-order valence-corrected chi connectivity index (χ2v) is 4.65. The maximum atomic E-state index is 11.3. The van der Waals surface area contributed by atoms with Gasteiger partial charge in [0.05, 0.1) is 6.61 Å². The van der Waals surface area contributed by atoms with Crippen molar-refractivity contribution in [2.24, 2.45) is 0 Å². The summed E-state index contributed by atoms with van der Waals surface area (Å²) in [5.74, 6) is 0.471. The average molecular weight is 248 g/mol. The summed E-state index contributed by atoms with van der Waals surface area (Å²) in [4.78, 5) is 11.3. The van der Waals surface area contributed by atoms with Crippen LogP contribution in [-0.2, 0) is 22.4 Å². The summed E-state index contributed by atoms with van der Waals surface area (Å²) in [6, 6.07) is 6.11. The van der Waals surface area contributed by atoms with Gasteiger partial charge < -0.3 is 9.47 Å². The van der Waals surface area contributed by atoms with Gasteiger partial charge in [-0.05, 0) is 55.4 Å². The molecule has 0 heterocycles. The highest BCUT2D eigenvalue weighted by atomic mass is 16.6. The summed E-state index contributed by atoms with van der Waals surface area (Å²) in [6.45, 7) is 2.43. The standard InChI is InChI=1S/C15H20O3/c1-2-9-17-15(16)11-18-14-8-7-12-5-3-4-6-13(12)10-14/h7-8,10H,2-6,9,11H2,1H3. The minimum atomic E-state index is -0.297. The molecule has 0 unspecified atom stereocenters. The molecule has 0 saturated heterocycles. The molecule has 0 radical (unpaired) electrons. The van der Waals surface area contributed by atoms with Crippen molar-refractivity contribution in [3.8, 4) is 5.75 Å². The highest BCUT2D eigenvalue weighted by Gasteiger charge is 2.10. The van der Waals surface area contributed by atoms with Crippen LogP contribution in [-0.4, -0.2) is 19.2 Å². The van der Waals surface area contributed by atoms with E-state index in [0.717, 1.165) is 25.0 Å². The molecule has 1 aliphatic rings. The van der Waals surface area contributed by atoms with Gasteiger partial charge in [0.1, 0.15) is 5.75 Å². The van der Waals surface area contributed by atoms with Crippen LogP contribution < -0.4 is 4.74 Å². The Bertz CT molecular complexity index is 412. The Kier molecular flexibility index (Phi) is 4.62. The van der Waals surface area contributed by atoms with Gasteiger partial charge in [-0.1, -0.05) is 13.0 Å². The van der Waals surface area contributed by atoms with Gasteiger partial charge in [-0.25, -0.2) is 4.79 Å². The molecular weight excluding hydrogens is 228 g/mol. The number of benzene rings is 1. The summed E-state index contributed by atoms with van der Waals surface area (Å²) in [5, 5.41) is 0. The molecule has 3 heteroatoms. The van der Waals surface area contributed by atoms with Crippen molar-refractivity contribution in [3.63, 3.8) is 0 Å². The molecule has 0 bridgehead atoms. The van der Waals surface area contributed by atoms with Crippen LogP contribution in [0.4, 0.5) is 0 Å². The van der Waals surface area contributed by atoms with Gasteiger partial charge in [0.25, 0.3) is 0 Å². The first-order chi connectivity index (χ1) is 8.79. The van der Waals surface area contributed by atoms with Crippen molar-refractivity contribution in [2.45, 2.75) is 39.0 Å². The molecule has 1 aliphatic carbocycles. The topological polar surface area (TPSA) is 35.5 Å². The molecule has 0 aromatic heterocycles. The minimum absolute atomic E-state index is 0.00120. The first-order valence-corrected chi connectivity index (χ1v) is 6.70. The lowest BCUT2D eigenvalue weighted by atomic mass is 9.92. The van der Waals surface area contributed by atoms with E-state index in [1.807, 2.05) is 13.0 Å². The van der Waals surface area contributed by atoms with E-state index < -0.39 is 0 Å². The molecule has 0 fully saturated rings. The number of ether oxygens (including phenoxy) is 2. The number of carbonyl (C=O) groups is 1. The summed E-state index contributed by atoms with van der Waals surface area (Å²) in [7, 11) is 0. The van der Waals surface area contributed by atoms with E-state index in [4.69, 9.17) is 9.47 Å².